The van der Waals surface area contributed by atoms with E-state index in [1.807, 2.05) is 6.92 Å². The number of nitrogens with two attached hydrogens (primary N) is 2. The summed E-state index contributed by atoms with van der Waals surface area (Å²) in [5.41, 5.74) is 10.7. The number of hydrogen-bond donors (Lipinski definition) is 4. The van der Waals surface area contributed by atoms with E-state index < -0.39 is 12.0 Å². The van der Waals surface area contributed by atoms with Gasteiger partial charge in [0, 0.05) is 0 Å². The molecule has 0 saturated heterocycles. The van der Waals surface area contributed by atoms with E-state index in [0.717, 1.165) is 6.42 Å². The summed E-state index contributed by atoms with van der Waals surface area (Å²) in [7, 11) is 0. The van der Waals surface area contributed by atoms with Gasteiger partial charge in [-0.2, -0.15) is 0 Å². The molecule has 0 aromatic rings. The van der Waals surface area contributed by atoms with E-state index in [1.54, 1.807) is 0 Å². The second-order valence-electron chi connectivity index (χ2n) is 2.83. The van der Waals surface area contributed by atoms with Gasteiger partial charge >= 0.3 is 5.97 Å². The van der Waals surface area contributed by atoms with Crippen molar-refractivity contribution in [3.63, 3.8) is 0 Å². The van der Waals surface area contributed by atoms with Gasteiger partial charge in [-0.15, -0.1) is 0 Å². The highest BCUT2D eigenvalue weighted by atomic mass is 16.4. The number of hydrogen-bond acceptors (Lipinski definition) is 4. The van der Waals surface area contributed by atoms with Gasteiger partial charge in [0.05, 0.1) is 6.17 Å². The Morgan fingerprint density at radius 3 is 2.58 bits per heavy atom. The Kier molecular flexibility index (Phi) is 5.61. The van der Waals surface area contributed by atoms with Crippen LogP contribution in [0.25, 0.3) is 0 Å². The van der Waals surface area contributed by atoms with Crippen LogP contribution in [0.4, 0.5) is 0 Å². The number of carboxylic acid groups (broad SMARTS) is 1. The van der Waals surface area contributed by atoms with E-state index in [0.29, 0.717) is 13.0 Å². The van der Waals surface area contributed by atoms with E-state index in [2.05, 4.69) is 5.32 Å². The maximum absolute atomic E-state index is 10.3. The van der Waals surface area contributed by atoms with Crippen LogP contribution in [0.1, 0.15) is 19.8 Å². The molecule has 0 spiro atoms. The predicted octanol–water partition coefficient (Wildman–Crippen LogP) is -0.927. The van der Waals surface area contributed by atoms with E-state index >= 15 is 0 Å². The monoisotopic (exact) mass is 175 g/mol. The van der Waals surface area contributed by atoms with Gasteiger partial charge < -0.3 is 21.9 Å². The maximum atomic E-state index is 10.3. The van der Waals surface area contributed by atoms with Crippen LogP contribution in [0.3, 0.4) is 0 Å². The topological polar surface area (TPSA) is 101 Å². The van der Waals surface area contributed by atoms with Gasteiger partial charge in [0.2, 0.25) is 0 Å². The van der Waals surface area contributed by atoms with Crippen molar-refractivity contribution in [1.82, 2.24) is 5.32 Å². The van der Waals surface area contributed by atoms with Gasteiger partial charge in [-0.3, -0.25) is 4.79 Å². The smallest absolute Gasteiger partial charge is 0.320 e. The van der Waals surface area contributed by atoms with Crippen molar-refractivity contribution < 1.29 is 9.90 Å². The molecule has 2 atom stereocenters. The maximum Gasteiger partial charge on any atom is 0.320 e. The Morgan fingerprint density at radius 2 is 2.17 bits per heavy atom. The summed E-state index contributed by atoms with van der Waals surface area (Å²) in [5, 5.41) is 11.4. The Bertz CT molecular complexity index is 139. The fourth-order valence-corrected chi connectivity index (χ4v) is 0.775. The lowest BCUT2D eigenvalue weighted by atomic mass is 10.2. The lowest BCUT2D eigenvalue weighted by Gasteiger charge is -2.09. The zero-order chi connectivity index (χ0) is 9.56. The van der Waals surface area contributed by atoms with Crippen molar-refractivity contribution in [1.29, 1.82) is 0 Å². The summed E-state index contributed by atoms with van der Waals surface area (Å²) in [6, 6.07) is -0.750. The van der Waals surface area contributed by atoms with Crippen molar-refractivity contribution in [2.75, 3.05) is 6.54 Å². The second kappa shape index (κ2) is 5.93. The first-order valence-electron chi connectivity index (χ1n) is 4.01. The van der Waals surface area contributed by atoms with Crippen LogP contribution >= 0.6 is 0 Å². The summed E-state index contributed by atoms with van der Waals surface area (Å²) >= 11 is 0. The molecule has 72 valence electrons. The average Bonchev–Trinajstić information content (AvgIpc) is 1.97. The minimum Gasteiger partial charge on any atom is -0.480 e. The lowest BCUT2D eigenvalue weighted by molar-refractivity contribution is -0.138. The summed E-state index contributed by atoms with van der Waals surface area (Å²) in [4.78, 5) is 10.3. The van der Waals surface area contributed by atoms with Gasteiger partial charge in [0.15, 0.2) is 0 Å². The van der Waals surface area contributed by atoms with Crippen molar-refractivity contribution in [2.45, 2.75) is 32.0 Å². The minimum absolute atomic E-state index is 0.0500. The number of carbonyl (C=O) groups is 1. The summed E-state index contributed by atoms with van der Waals surface area (Å²) in [6.07, 6.45) is 1.16. The standard InChI is InChI=1S/C7H17N3O2/c1-5(8)10-4-2-3-6(9)7(11)12/h5-6,10H,2-4,8-9H2,1H3,(H,11,12). The Labute approximate surface area is 72.1 Å². The van der Waals surface area contributed by atoms with Crippen LogP contribution in [-0.4, -0.2) is 29.8 Å². The predicted molar refractivity (Wildman–Crippen MR) is 46.5 cm³/mol. The van der Waals surface area contributed by atoms with Crippen molar-refractivity contribution in [2.24, 2.45) is 11.5 Å². The number of aliphatic carboxylic acids is 1. The first-order chi connectivity index (χ1) is 5.54. The minimum atomic E-state index is -0.948. The third-order valence-corrected chi connectivity index (χ3v) is 1.48. The Balaban J connectivity index is 3.25. The average molecular weight is 175 g/mol. The van der Waals surface area contributed by atoms with Gasteiger partial charge in [-0.1, -0.05) is 0 Å². The van der Waals surface area contributed by atoms with Gasteiger partial charge in [0.25, 0.3) is 0 Å². The Morgan fingerprint density at radius 1 is 1.58 bits per heavy atom. The van der Waals surface area contributed by atoms with Crippen molar-refractivity contribution in [3.05, 3.63) is 0 Å². The third kappa shape index (κ3) is 6.09. The lowest BCUT2D eigenvalue weighted by Crippen LogP contribution is -2.36. The van der Waals surface area contributed by atoms with E-state index in [9.17, 15) is 4.79 Å². The molecule has 0 aliphatic carbocycles. The molecule has 0 radical (unpaired) electrons. The number of nitrogens with one attached hydrogen (secondary N) is 1. The fraction of sp³-hybridized carbons (Fsp3) is 0.857. The molecular formula is C7H17N3O2. The molecule has 12 heavy (non-hydrogen) atoms. The molecule has 2 unspecified atom stereocenters. The van der Waals surface area contributed by atoms with Crippen LogP contribution in [0, 0.1) is 0 Å². The molecule has 6 N–H and O–H groups in total. The second-order valence-corrected chi connectivity index (χ2v) is 2.83. The zero-order valence-electron chi connectivity index (χ0n) is 7.29. The molecule has 0 fully saturated rings. The molecule has 0 bridgehead atoms. The van der Waals surface area contributed by atoms with Crippen LogP contribution < -0.4 is 16.8 Å². The van der Waals surface area contributed by atoms with Gasteiger partial charge in [-0.05, 0) is 26.3 Å². The highest BCUT2D eigenvalue weighted by molar-refractivity contribution is 5.72. The number of rotatable bonds is 6. The first-order valence-corrected chi connectivity index (χ1v) is 4.01. The molecular weight excluding hydrogens is 158 g/mol. The van der Waals surface area contributed by atoms with Crippen molar-refractivity contribution in [3.8, 4) is 0 Å². The SMILES string of the molecule is CC(N)NCCCC(N)C(=O)O. The summed E-state index contributed by atoms with van der Waals surface area (Å²) < 4.78 is 0. The molecule has 0 saturated carbocycles. The van der Waals surface area contributed by atoms with E-state index in [-0.39, 0.29) is 6.17 Å². The summed E-state index contributed by atoms with van der Waals surface area (Å²) in [5.74, 6) is -0.948. The number of carboxylic acids is 1. The van der Waals surface area contributed by atoms with Crippen LogP contribution in [0.15, 0.2) is 0 Å². The molecule has 0 heterocycles. The largest absolute Gasteiger partial charge is 0.480 e. The fourth-order valence-electron chi connectivity index (χ4n) is 0.775. The zero-order valence-corrected chi connectivity index (χ0v) is 7.29. The normalized spacial score (nSPS) is 15.6. The van der Waals surface area contributed by atoms with Crippen molar-refractivity contribution >= 4 is 5.97 Å². The highest BCUT2D eigenvalue weighted by Crippen LogP contribution is 1.92. The molecule has 5 nitrogen and oxygen atoms in total. The molecule has 0 aromatic carbocycles. The molecule has 0 amide bonds. The van der Waals surface area contributed by atoms with Gasteiger partial charge in [0.1, 0.15) is 6.04 Å². The molecule has 5 heteroatoms. The van der Waals surface area contributed by atoms with E-state index in [4.69, 9.17) is 16.6 Å². The quantitative estimate of drug-likeness (QED) is 0.309. The van der Waals surface area contributed by atoms with E-state index in [1.165, 1.54) is 0 Å². The van der Waals surface area contributed by atoms with Gasteiger partial charge in [-0.25, -0.2) is 0 Å². The van der Waals surface area contributed by atoms with Crippen LogP contribution in [-0.2, 0) is 4.79 Å². The highest BCUT2D eigenvalue weighted by Gasteiger charge is 2.09. The molecule has 0 aliphatic rings. The molecule has 0 aliphatic heterocycles. The summed E-state index contributed by atoms with van der Waals surface area (Å²) in [6.45, 7) is 2.54. The van der Waals surface area contributed by atoms with Crippen LogP contribution in [0.5, 0.6) is 0 Å². The molecule has 0 rings (SSSR count). The molecule has 0 aromatic heterocycles. The van der Waals surface area contributed by atoms with Crippen LogP contribution in [0.2, 0.25) is 0 Å². The first kappa shape index (κ1) is 11.4. The Hall–Kier alpha value is -0.650. The third-order valence-electron chi connectivity index (χ3n) is 1.48.